The molecule has 26 heavy (non-hydrogen) atoms. The van der Waals surface area contributed by atoms with E-state index in [1.807, 2.05) is 6.92 Å². The Labute approximate surface area is 164 Å². The summed E-state index contributed by atoms with van der Waals surface area (Å²) in [6.07, 6.45) is 6.57. The highest BCUT2D eigenvalue weighted by Crippen LogP contribution is 2.32. The first-order chi connectivity index (χ1) is 12.5. The number of carbonyl (C=O) groups is 1. The standard InChI is InChI=1S/C21H22Cl2N2O/c1-14(24-25-21(26)19-12-11-18(22)13-20(19)23)15-7-9-17(10-8-15)16-5-3-2-4-6-16/h7-13,16H,2-6H2,1H3,(H,25,26)/b24-14-. The molecule has 1 saturated carbocycles. The highest BCUT2D eigenvalue weighted by Gasteiger charge is 2.15. The van der Waals surface area contributed by atoms with Gasteiger partial charge in [0.25, 0.3) is 5.91 Å². The summed E-state index contributed by atoms with van der Waals surface area (Å²) in [6, 6.07) is 13.3. The van der Waals surface area contributed by atoms with E-state index >= 15 is 0 Å². The Morgan fingerprint density at radius 2 is 1.73 bits per heavy atom. The summed E-state index contributed by atoms with van der Waals surface area (Å²) in [6.45, 7) is 1.87. The van der Waals surface area contributed by atoms with Crippen molar-refractivity contribution in [1.29, 1.82) is 0 Å². The minimum Gasteiger partial charge on any atom is -0.267 e. The highest BCUT2D eigenvalue weighted by atomic mass is 35.5. The van der Waals surface area contributed by atoms with Crippen LogP contribution in [0.1, 0.15) is 66.4 Å². The molecule has 1 fully saturated rings. The fourth-order valence-corrected chi connectivity index (χ4v) is 3.86. The van der Waals surface area contributed by atoms with Crippen molar-refractivity contribution in [3.05, 3.63) is 69.2 Å². The molecule has 1 amide bonds. The van der Waals surface area contributed by atoms with Crippen LogP contribution in [0.4, 0.5) is 0 Å². The molecule has 2 aromatic rings. The van der Waals surface area contributed by atoms with Crippen LogP contribution in [0.15, 0.2) is 47.6 Å². The summed E-state index contributed by atoms with van der Waals surface area (Å²) in [5, 5.41) is 5.00. The van der Waals surface area contributed by atoms with E-state index in [9.17, 15) is 4.79 Å². The van der Waals surface area contributed by atoms with Gasteiger partial charge in [0.2, 0.25) is 0 Å². The summed E-state index contributed by atoms with van der Waals surface area (Å²) in [5.41, 5.74) is 6.05. The van der Waals surface area contributed by atoms with Gasteiger partial charge in [0.05, 0.1) is 16.3 Å². The summed E-state index contributed by atoms with van der Waals surface area (Å²) in [5.74, 6) is 0.326. The van der Waals surface area contributed by atoms with E-state index in [2.05, 4.69) is 34.8 Å². The molecule has 2 aromatic carbocycles. The first-order valence-corrected chi connectivity index (χ1v) is 9.70. The molecule has 0 heterocycles. The summed E-state index contributed by atoms with van der Waals surface area (Å²) < 4.78 is 0. The smallest absolute Gasteiger partial charge is 0.267 e. The van der Waals surface area contributed by atoms with Crippen LogP contribution in [-0.2, 0) is 0 Å². The number of hydrogen-bond acceptors (Lipinski definition) is 2. The lowest BCUT2D eigenvalue weighted by Crippen LogP contribution is -2.19. The average molecular weight is 389 g/mol. The summed E-state index contributed by atoms with van der Waals surface area (Å²) in [4.78, 5) is 12.2. The first kappa shape index (κ1) is 18.9. The normalized spacial score (nSPS) is 15.7. The van der Waals surface area contributed by atoms with Crippen molar-refractivity contribution >= 4 is 34.8 Å². The average Bonchev–Trinajstić information content (AvgIpc) is 2.66. The van der Waals surface area contributed by atoms with Crippen molar-refractivity contribution in [3.63, 3.8) is 0 Å². The lowest BCUT2D eigenvalue weighted by atomic mass is 9.84. The largest absolute Gasteiger partial charge is 0.272 e. The van der Waals surface area contributed by atoms with Crippen LogP contribution in [0, 0.1) is 0 Å². The molecule has 3 rings (SSSR count). The van der Waals surface area contributed by atoms with E-state index in [0.717, 1.165) is 11.3 Å². The molecule has 0 unspecified atom stereocenters. The van der Waals surface area contributed by atoms with Gasteiger partial charge in [0, 0.05) is 5.02 Å². The number of benzene rings is 2. The van der Waals surface area contributed by atoms with Crippen LogP contribution in [0.25, 0.3) is 0 Å². The van der Waals surface area contributed by atoms with Gasteiger partial charge in [-0.15, -0.1) is 0 Å². The number of carbonyl (C=O) groups excluding carboxylic acids is 1. The first-order valence-electron chi connectivity index (χ1n) is 8.94. The van der Waals surface area contributed by atoms with E-state index in [1.54, 1.807) is 18.2 Å². The molecular formula is C21H22Cl2N2O. The van der Waals surface area contributed by atoms with Crippen molar-refractivity contribution in [2.24, 2.45) is 5.10 Å². The monoisotopic (exact) mass is 388 g/mol. The third kappa shape index (κ3) is 4.66. The predicted molar refractivity (Wildman–Crippen MR) is 108 cm³/mol. The lowest BCUT2D eigenvalue weighted by Gasteiger charge is -2.22. The number of rotatable bonds is 4. The molecule has 5 heteroatoms. The Morgan fingerprint density at radius 3 is 2.38 bits per heavy atom. The van der Waals surface area contributed by atoms with Crippen molar-refractivity contribution in [3.8, 4) is 0 Å². The number of nitrogens with zero attached hydrogens (tertiary/aromatic N) is 1. The van der Waals surface area contributed by atoms with E-state index in [4.69, 9.17) is 23.2 Å². The second-order valence-electron chi connectivity index (χ2n) is 6.72. The zero-order valence-electron chi connectivity index (χ0n) is 14.8. The maximum absolute atomic E-state index is 12.2. The van der Waals surface area contributed by atoms with Crippen LogP contribution < -0.4 is 5.43 Å². The maximum atomic E-state index is 12.2. The lowest BCUT2D eigenvalue weighted by molar-refractivity contribution is 0.0955. The van der Waals surface area contributed by atoms with Gasteiger partial charge in [-0.25, -0.2) is 5.43 Å². The molecule has 1 N–H and O–H groups in total. The van der Waals surface area contributed by atoms with Crippen molar-refractivity contribution < 1.29 is 4.79 Å². The van der Waals surface area contributed by atoms with Gasteiger partial charge in [-0.05, 0) is 55.0 Å². The van der Waals surface area contributed by atoms with Gasteiger partial charge in [-0.3, -0.25) is 4.79 Å². The Bertz CT molecular complexity index is 809. The highest BCUT2D eigenvalue weighted by molar-refractivity contribution is 6.36. The number of halogens is 2. The molecule has 136 valence electrons. The number of nitrogens with one attached hydrogen (secondary N) is 1. The third-order valence-corrected chi connectivity index (χ3v) is 5.45. The van der Waals surface area contributed by atoms with E-state index in [-0.39, 0.29) is 5.91 Å². The fraction of sp³-hybridized carbons (Fsp3) is 0.333. The van der Waals surface area contributed by atoms with E-state index < -0.39 is 0 Å². The Hall–Kier alpha value is -1.84. The summed E-state index contributed by atoms with van der Waals surface area (Å²) in [7, 11) is 0. The molecule has 0 aromatic heterocycles. The Morgan fingerprint density at radius 1 is 1.04 bits per heavy atom. The van der Waals surface area contributed by atoms with Crippen LogP contribution >= 0.6 is 23.2 Å². The summed E-state index contributed by atoms with van der Waals surface area (Å²) >= 11 is 11.9. The van der Waals surface area contributed by atoms with Crippen molar-refractivity contribution in [2.75, 3.05) is 0 Å². The van der Waals surface area contributed by atoms with Crippen LogP contribution in [0.2, 0.25) is 10.0 Å². The zero-order valence-corrected chi connectivity index (χ0v) is 16.3. The molecule has 0 saturated heterocycles. The minimum atomic E-state index is -0.357. The van der Waals surface area contributed by atoms with Crippen LogP contribution in [0.5, 0.6) is 0 Å². The molecule has 3 nitrogen and oxygen atoms in total. The van der Waals surface area contributed by atoms with Gasteiger partial charge < -0.3 is 0 Å². The molecule has 1 aliphatic rings. The molecule has 0 bridgehead atoms. The second-order valence-corrected chi connectivity index (χ2v) is 7.56. The zero-order chi connectivity index (χ0) is 18.5. The SMILES string of the molecule is C/C(=N/NC(=O)c1ccc(Cl)cc1Cl)c1ccc(C2CCCCC2)cc1. The number of amides is 1. The molecule has 0 spiro atoms. The van der Waals surface area contributed by atoms with E-state index in [1.165, 1.54) is 37.7 Å². The second kappa shape index (κ2) is 8.70. The van der Waals surface area contributed by atoms with Gasteiger partial charge in [0.15, 0.2) is 0 Å². The molecule has 0 radical (unpaired) electrons. The molecular weight excluding hydrogens is 367 g/mol. The molecule has 1 aliphatic carbocycles. The Balaban J connectivity index is 1.66. The quantitative estimate of drug-likeness (QED) is 0.491. The van der Waals surface area contributed by atoms with Crippen molar-refractivity contribution in [1.82, 2.24) is 5.43 Å². The number of hydrogen-bond donors (Lipinski definition) is 1. The Kier molecular flexibility index (Phi) is 6.33. The van der Waals surface area contributed by atoms with Gasteiger partial charge in [-0.1, -0.05) is 66.7 Å². The van der Waals surface area contributed by atoms with Crippen LogP contribution in [-0.4, -0.2) is 11.6 Å². The van der Waals surface area contributed by atoms with E-state index in [0.29, 0.717) is 21.5 Å². The van der Waals surface area contributed by atoms with Crippen LogP contribution in [0.3, 0.4) is 0 Å². The third-order valence-electron chi connectivity index (χ3n) is 4.91. The van der Waals surface area contributed by atoms with Gasteiger partial charge in [-0.2, -0.15) is 5.10 Å². The molecule has 0 atom stereocenters. The fourth-order valence-electron chi connectivity index (χ4n) is 3.37. The number of hydrazone groups is 1. The predicted octanol–water partition coefficient (Wildman–Crippen LogP) is 6.20. The topological polar surface area (TPSA) is 41.5 Å². The maximum Gasteiger partial charge on any atom is 0.272 e. The van der Waals surface area contributed by atoms with Gasteiger partial charge >= 0.3 is 0 Å². The minimum absolute atomic E-state index is 0.305. The molecule has 0 aliphatic heterocycles. The van der Waals surface area contributed by atoms with Crippen molar-refractivity contribution in [2.45, 2.75) is 44.9 Å². The van der Waals surface area contributed by atoms with Gasteiger partial charge in [0.1, 0.15) is 0 Å².